The van der Waals surface area contributed by atoms with E-state index in [2.05, 4.69) is 50.9 Å². The lowest BCUT2D eigenvalue weighted by molar-refractivity contribution is 0.122. The molecule has 41 heavy (non-hydrogen) atoms. The van der Waals surface area contributed by atoms with Gasteiger partial charge < -0.3 is 18.9 Å². The van der Waals surface area contributed by atoms with E-state index < -0.39 is 0 Å². The minimum Gasteiger partial charge on any atom is -0.478 e. The second-order valence-electron chi connectivity index (χ2n) is 11.8. The standard InChI is InChI=1S/C35H55NO4Si/c1-5-7-11-16-28(3)17-12-9-10-13-18-29(4)41-35-39-32-21-19-30(26-33(32)40-35)31-20-22-34(36-27-31)38-25-15-14-24-37-23-8-6-2/h19-22,26-29,35H,5-18,23-25H2,1-4H3. The van der Waals surface area contributed by atoms with Crippen molar-refractivity contribution in [2.45, 2.75) is 129 Å². The van der Waals surface area contributed by atoms with Crippen LogP contribution >= 0.6 is 0 Å². The van der Waals surface area contributed by atoms with Gasteiger partial charge in [0, 0.05) is 31.0 Å². The Bertz CT molecular complexity index is 954. The van der Waals surface area contributed by atoms with Gasteiger partial charge in [-0.3, -0.25) is 0 Å². The molecule has 1 aromatic carbocycles. The zero-order chi connectivity index (χ0) is 29.1. The molecule has 3 unspecified atom stereocenters. The van der Waals surface area contributed by atoms with Crippen LogP contribution in [0.5, 0.6) is 17.4 Å². The largest absolute Gasteiger partial charge is 0.478 e. The molecule has 0 fully saturated rings. The van der Waals surface area contributed by atoms with Crippen molar-refractivity contribution in [3.05, 3.63) is 36.5 Å². The van der Waals surface area contributed by atoms with Crippen LogP contribution in [-0.4, -0.2) is 40.2 Å². The van der Waals surface area contributed by atoms with Crippen molar-refractivity contribution in [3.8, 4) is 28.5 Å². The number of nitrogens with zero attached hydrogens (tertiary/aromatic N) is 1. The molecular formula is C35H55NO4Si. The average molecular weight is 582 g/mol. The summed E-state index contributed by atoms with van der Waals surface area (Å²) in [6.45, 7) is 11.6. The maximum absolute atomic E-state index is 6.22. The van der Waals surface area contributed by atoms with Gasteiger partial charge in [-0.25, -0.2) is 4.98 Å². The fraction of sp³-hybridized carbons (Fsp3) is 0.686. The van der Waals surface area contributed by atoms with E-state index in [1.54, 1.807) is 0 Å². The monoisotopic (exact) mass is 581 g/mol. The van der Waals surface area contributed by atoms with Crippen molar-refractivity contribution in [1.82, 2.24) is 4.98 Å². The highest BCUT2D eigenvalue weighted by molar-refractivity contribution is 6.38. The number of hydrogen-bond donors (Lipinski definition) is 0. The molecule has 5 nitrogen and oxygen atoms in total. The Labute approximate surface area is 252 Å². The predicted octanol–water partition coefficient (Wildman–Crippen LogP) is 9.85. The van der Waals surface area contributed by atoms with Gasteiger partial charge in [-0.2, -0.15) is 0 Å². The zero-order valence-electron chi connectivity index (χ0n) is 26.3. The summed E-state index contributed by atoms with van der Waals surface area (Å²) >= 11 is 0. The van der Waals surface area contributed by atoms with Gasteiger partial charge in [0.15, 0.2) is 21.0 Å². The van der Waals surface area contributed by atoms with Crippen molar-refractivity contribution >= 4 is 9.52 Å². The van der Waals surface area contributed by atoms with E-state index in [9.17, 15) is 0 Å². The van der Waals surface area contributed by atoms with E-state index in [0.717, 1.165) is 61.0 Å². The van der Waals surface area contributed by atoms with Crippen LogP contribution in [0.3, 0.4) is 0 Å². The summed E-state index contributed by atoms with van der Waals surface area (Å²) in [5.74, 6) is 3.07. The molecule has 0 spiro atoms. The van der Waals surface area contributed by atoms with Gasteiger partial charge in [0.05, 0.1) is 6.61 Å². The van der Waals surface area contributed by atoms with Crippen LogP contribution in [0.25, 0.3) is 11.1 Å². The molecule has 1 aliphatic heterocycles. The molecule has 1 aliphatic rings. The molecule has 3 atom stereocenters. The fourth-order valence-electron chi connectivity index (χ4n) is 5.17. The van der Waals surface area contributed by atoms with Crippen LogP contribution in [0, 0.1) is 5.92 Å². The Hall–Kier alpha value is -2.05. The number of ether oxygens (including phenoxy) is 4. The van der Waals surface area contributed by atoms with Crippen molar-refractivity contribution in [1.29, 1.82) is 0 Å². The van der Waals surface area contributed by atoms with Gasteiger partial charge in [0.1, 0.15) is 0 Å². The molecule has 228 valence electrons. The van der Waals surface area contributed by atoms with Crippen LogP contribution in [0.15, 0.2) is 36.5 Å². The Morgan fingerprint density at radius 2 is 1.41 bits per heavy atom. The molecule has 0 saturated heterocycles. The minimum atomic E-state index is -0.162. The Kier molecular flexibility index (Phi) is 16.3. The molecule has 1 aromatic heterocycles. The van der Waals surface area contributed by atoms with Gasteiger partial charge in [0.25, 0.3) is 0 Å². The van der Waals surface area contributed by atoms with Crippen LogP contribution < -0.4 is 14.2 Å². The van der Waals surface area contributed by atoms with Gasteiger partial charge in [0.2, 0.25) is 11.8 Å². The van der Waals surface area contributed by atoms with Crippen LogP contribution in [-0.2, 0) is 4.74 Å². The summed E-state index contributed by atoms with van der Waals surface area (Å²) in [5.41, 5.74) is 2.74. The number of benzene rings is 1. The quantitative estimate of drug-likeness (QED) is 0.0965. The number of aromatic nitrogens is 1. The first kappa shape index (κ1) is 33.4. The zero-order valence-corrected chi connectivity index (χ0v) is 27.3. The minimum absolute atomic E-state index is 0.162. The normalized spacial score (nSPS) is 15.7. The predicted molar refractivity (Wildman–Crippen MR) is 171 cm³/mol. The summed E-state index contributed by atoms with van der Waals surface area (Å²) in [7, 11) is 0.643. The first-order valence-corrected chi connectivity index (χ1v) is 17.6. The van der Waals surface area contributed by atoms with Gasteiger partial charge in [-0.05, 0) is 54.5 Å². The molecule has 0 N–H and O–H groups in total. The number of hydrogen-bond acceptors (Lipinski definition) is 5. The summed E-state index contributed by atoms with van der Waals surface area (Å²) in [4.78, 5) is 4.51. The third-order valence-electron chi connectivity index (χ3n) is 7.86. The summed E-state index contributed by atoms with van der Waals surface area (Å²) in [6.07, 6.45) is 19.8. The fourth-order valence-corrected chi connectivity index (χ4v) is 6.39. The molecule has 0 bridgehead atoms. The topological polar surface area (TPSA) is 49.8 Å². The van der Waals surface area contributed by atoms with E-state index in [0.29, 0.717) is 27.5 Å². The number of unbranched alkanes of at least 4 members (excludes halogenated alkanes) is 7. The molecule has 2 aromatic rings. The number of pyridine rings is 1. The Balaban J connectivity index is 1.30. The molecule has 0 amide bonds. The smallest absolute Gasteiger partial charge is 0.215 e. The highest BCUT2D eigenvalue weighted by atomic mass is 28.2. The lowest BCUT2D eigenvalue weighted by Gasteiger charge is -2.15. The maximum Gasteiger partial charge on any atom is 0.215 e. The molecule has 3 rings (SSSR count). The van der Waals surface area contributed by atoms with Crippen molar-refractivity contribution in [2.24, 2.45) is 5.92 Å². The molecule has 0 saturated carbocycles. The molecule has 6 heteroatoms. The van der Waals surface area contributed by atoms with E-state index in [-0.39, 0.29) is 5.91 Å². The SMILES string of the molecule is CCCCCC(C)CCCCCCC(C)[Si]C1Oc2ccc(-c3ccc(OCCCCOCCCC)nc3)cc2O1. The van der Waals surface area contributed by atoms with Gasteiger partial charge in [-0.1, -0.05) is 104 Å². The second kappa shape index (κ2) is 20.0. The first-order valence-electron chi connectivity index (χ1n) is 16.5. The lowest BCUT2D eigenvalue weighted by atomic mass is 9.96. The highest BCUT2D eigenvalue weighted by Gasteiger charge is 2.27. The summed E-state index contributed by atoms with van der Waals surface area (Å²) in [6, 6.07) is 10.2. The van der Waals surface area contributed by atoms with E-state index >= 15 is 0 Å². The van der Waals surface area contributed by atoms with E-state index in [1.807, 2.05) is 18.3 Å². The van der Waals surface area contributed by atoms with E-state index in [1.165, 1.54) is 70.6 Å². The van der Waals surface area contributed by atoms with Gasteiger partial charge in [-0.15, -0.1) is 0 Å². The van der Waals surface area contributed by atoms with Gasteiger partial charge >= 0.3 is 0 Å². The van der Waals surface area contributed by atoms with Crippen molar-refractivity contribution in [2.75, 3.05) is 19.8 Å². The van der Waals surface area contributed by atoms with E-state index in [4.69, 9.17) is 18.9 Å². The lowest BCUT2D eigenvalue weighted by Crippen LogP contribution is -2.28. The Morgan fingerprint density at radius 3 is 2.17 bits per heavy atom. The maximum atomic E-state index is 6.22. The third kappa shape index (κ3) is 13.2. The van der Waals surface area contributed by atoms with Crippen LogP contribution in [0.4, 0.5) is 0 Å². The van der Waals surface area contributed by atoms with Crippen molar-refractivity contribution < 1.29 is 18.9 Å². The molecule has 0 aliphatic carbocycles. The third-order valence-corrected chi connectivity index (χ3v) is 9.23. The van der Waals surface area contributed by atoms with Crippen LogP contribution in [0.2, 0.25) is 5.54 Å². The number of rotatable bonds is 23. The molecule has 2 radical (unpaired) electrons. The second-order valence-corrected chi connectivity index (χ2v) is 13.6. The summed E-state index contributed by atoms with van der Waals surface area (Å²) in [5, 5.41) is 0. The van der Waals surface area contributed by atoms with Crippen molar-refractivity contribution in [3.63, 3.8) is 0 Å². The first-order chi connectivity index (χ1) is 20.1. The van der Waals surface area contributed by atoms with Crippen LogP contribution in [0.1, 0.15) is 118 Å². The summed E-state index contributed by atoms with van der Waals surface area (Å²) < 4.78 is 23.8. The molecule has 2 heterocycles. The molecular weight excluding hydrogens is 526 g/mol. The number of fused-ring (bicyclic) bond motifs is 1. The average Bonchev–Trinajstić information content (AvgIpc) is 3.38. The highest BCUT2D eigenvalue weighted by Crippen LogP contribution is 2.38. The Morgan fingerprint density at radius 1 is 0.732 bits per heavy atom.